The van der Waals surface area contributed by atoms with Crippen molar-refractivity contribution < 1.29 is 14.3 Å². The van der Waals surface area contributed by atoms with Crippen LogP contribution in [-0.2, 0) is 22.1 Å². The van der Waals surface area contributed by atoms with Gasteiger partial charge >= 0.3 is 6.09 Å². The van der Waals surface area contributed by atoms with E-state index in [0.29, 0.717) is 12.0 Å². The number of aldehydes is 1. The molecule has 0 saturated carbocycles. The van der Waals surface area contributed by atoms with Gasteiger partial charge in [-0.05, 0) is 27.7 Å². The summed E-state index contributed by atoms with van der Waals surface area (Å²) in [5.74, 6) is 0. The van der Waals surface area contributed by atoms with Crippen LogP contribution in [0.2, 0.25) is 5.15 Å². The molecule has 20 heavy (non-hydrogen) atoms. The summed E-state index contributed by atoms with van der Waals surface area (Å²) in [6, 6.07) is 0. The van der Waals surface area contributed by atoms with Crippen LogP contribution in [-0.4, -0.2) is 39.5 Å². The number of ether oxygens (including phenoxy) is 1. The summed E-state index contributed by atoms with van der Waals surface area (Å²) >= 11 is 6.02. The highest BCUT2D eigenvalue weighted by molar-refractivity contribution is 6.30. The second kappa shape index (κ2) is 5.44. The second-order valence-electron chi connectivity index (χ2n) is 5.80. The van der Waals surface area contributed by atoms with E-state index in [2.05, 4.69) is 4.98 Å². The van der Waals surface area contributed by atoms with E-state index >= 15 is 0 Å². The Bertz CT molecular complexity index is 502. The third-order valence-electron chi connectivity index (χ3n) is 2.97. The average Bonchev–Trinajstić information content (AvgIpc) is 2.65. The molecule has 0 bridgehead atoms. The Morgan fingerprint density at radius 2 is 2.00 bits per heavy atom. The van der Waals surface area contributed by atoms with E-state index in [4.69, 9.17) is 16.3 Å². The van der Waals surface area contributed by atoms with Crippen LogP contribution in [0.4, 0.5) is 4.79 Å². The third kappa shape index (κ3) is 3.12. The Morgan fingerprint density at radius 1 is 1.45 bits per heavy atom. The number of hydrogen-bond donors (Lipinski definition) is 0. The van der Waals surface area contributed by atoms with E-state index in [1.54, 1.807) is 39.3 Å². The molecule has 0 spiro atoms. The van der Waals surface area contributed by atoms with Crippen molar-refractivity contribution >= 4 is 24.0 Å². The molecule has 1 heterocycles. The topological polar surface area (TPSA) is 64.4 Å². The zero-order valence-corrected chi connectivity index (χ0v) is 13.4. The maximum Gasteiger partial charge on any atom is 0.411 e. The monoisotopic (exact) mass is 301 g/mol. The summed E-state index contributed by atoms with van der Waals surface area (Å²) in [6.07, 6.45) is 1.53. The van der Waals surface area contributed by atoms with Gasteiger partial charge in [-0.1, -0.05) is 11.6 Å². The molecule has 1 amide bonds. The van der Waals surface area contributed by atoms with Gasteiger partial charge in [-0.25, -0.2) is 9.78 Å². The first-order chi connectivity index (χ1) is 9.03. The zero-order chi connectivity index (χ0) is 15.7. The van der Waals surface area contributed by atoms with Crippen LogP contribution in [0.5, 0.6) is 0 Å². The number of carbonyl (C=O) groups excluding carboxylic acids is 2. The SMILES string of the molecule is CN(C(=O)OC(C)(C)C)C(C)(C=O)c1c(Cl)ncn1C. The number of hydrogen-bond acceptors (Lipinski definition) is 4. The maximum atomic E-state index is 12.2. The first-order valence-corrected chi connectivity index (χ1v) is 6.51. The van der Waals surface area contributed by atoms with Crippen LogP contribution in [0, 0.1) is 0 Å². The minimum atomic E-state index is -1.26. The van der Waals surface area contributed by atoms with E-state index in [9.17, 15) is 9.59 Å². The van der Waals surface area contributed by atoms with Gasteiger partial charge in [0.15, 0.2) is 11.4 Å². The molecule has 1 unspecified atom stereocenters. The van der Waals surface area contributed by atoms with E-state index in [1.165, 1.54) is 18.3 Å². The molecule has 1 aromatic rings. The lowest BCUT2D eigenvalue weighted by atomic mass is 9.98. The molecule has 0 aliphatic carbocycles. The summed E-state index contributed by atoms with van der Waals surface area (Å²) in [5.41, 5.74) is -1.47. The predicted molar refractivity (Wildman–Crippen MR) is 75.6 cm³/mol. The molecule has 6 nitrogen and oxygen atoms in total. The molecule has 112 valence electrons. The normalized spacial score (nSPS) is 14.6. The first-order valence-electron chi connectivity index (χ1n) is 6.13. The molecule has 0 fully saturated rings. The van der Waals surface area contributed by atoms with Crippen molar-refractivity contribution in [2.24, 2.45) is 7.05 Å². The molecule has 0 aromatic carbocycles. The van der Waals surface area contributed by atoms with Crippen molar-refractivity contribution in [2.75, 3.05) is 7.05 Å². The van der Waals surface area contributed by atoms with E-state index in [1.807, 2.05) is 0 Å². The summed E-state index contributed by atoms with van der Waals surface area (Å²) in [6.45, 7) is 6.86. The van der Waals surface area contributed by atoms with E-state index < -0.39 is 17.2 Å². The third-order valence-corrected chi connectivity index (χ3v) is 3.24. The van der Waals surface area contributed by atoms with Gasteiger partial charge in [0.1, 0.15) is 11.1 Å². The largest absolute Gasteiger partial charge is 0.444 e. The summed E-state index contributed by atoms with van der Waals surface area (Å²) in [4.78, 5) is 28.9. The molecule has 1 atom stereocenters. The van der Waals surface area contributed by atoms with Crippen molar-refractivity contribution in [3.8, 4) is 0 Å². The number of imidazole rings is 1. The Hall–Kier alpha value is -1.56. The highest BCUT2D eigenvalue weighted by atomic mass is 35.5. The smallest absolute Gasteiger partial charge is 0.411 e. The molecule has 1 rings (SSSR count). The van der Waals surface area contributed by atoms with Crippen LogP contribution >= 0.6 is 11.6 Å². The number of halogens is 1. The molecular formula is C13H20ClN3O3. The van der Waals surface area contributed by atoms with Crippen molar-refractivity contribution in [3.05, 3.63) is 17.2 Å². The van der Waals surface area contributed by atoms with Crippen molar-refractivity contribution in [1.82, 2.24) is 14.5 Å². The predicted octanol–water partition coefficient (Wildman–Crippen LogP) is 2.35. The van der Waals surface area contributed by atoms with Crippen LogP contribution in [0.1, 0.15) is 33.4 Å². The van der Waals surface area contributed by atoms with Gasteiger partial charge in [-0.15, -0.1) is 0 Å². The van der Waals surface area contributed by atoms with Crippen LogP contribution in [0.25, 0.3) is 0 Å². The summed E-state index contributed by atoms with van der Waals surface area (Å²) in [5, 5.41) is 0.178. The van der Waals surface area contributed by atoms with Crippen molar-refractivity contribution in [2.45, 2.75) is 38.8 Å². The minimum absolute atomic E-state index is 0.178. The fourth-order valence-corrected chi connectivity index (χ4v) is 2.15. The number of amides is 1. The molecule has 0 N–H and O–H groups in total. The zero-order valence-electron chi connectivity index (χ0n) is 12.6. The second-order valence-corrected chi connectivity index (χ2v) is 6.16. The Balaban J connectivity index is 3.18. The number of nitrogens with zero attached hydrogens (tertiary/aromatic N) is 3. The fourth-order valence-electron chi connectivity index (χ4n) is 1.78. The van der Waals surface area contributed by atoms with Gasteiger partial charge in [-0.3, -0.25) is 4.90 Å². The van der Waals surface area contributed by atoms with Gasteiger partial charge in [-0.2, -0.15) is 0 Å². The lowest BCUT2D eigenvalue weighted by molar-refractivity contribution is -0.117. The van der Waals surface area contributed by atoms with Gasteiger partial charge in [0.25, 0.3) is 0 Å². The lowest BCUT2D eigenvalue weighted by Gasteiger charge is -2.35. The average molecular weight is 302 g/mol. The highest BCUT2D eigenvalue weighted by Gasteiger charge is 2.40. The molecule has 0 aliphatic heterocycles. The molecule has 0 radical (unpaired) electrons. The summed E-state index contributed by atoms with van der Waals surface area (Å²) < 4.78 is 6.89. The van der Waals surface area contributed by atoms with Crippen molar-refractivity contribution in [3.63, 3.8) is 0 Å². The molecule has 1 aromatic heterocycles. The Morgan fingerprint density at radius 3 is 2.35 bits per heavy atom. The van der Waals surface area contributed by atoms with Gasteiger partial charge < -0.3 is 14.1 Å². The Labute approximate surface area is 123 Å². The molecular weight excluding hydrogens is 282 g/mol. The summed E-state index contributed by atoms with van der Waals surface area (Å²) in [7, 11) is 3.20. The quantitative estimate of drug-likeness (QED) is 0.804. The van der Waals surface area contributed by atoms with E-state index in [0.717, 1.165) is 0 Å². The van der Waals surface area contributed by atoms with Crippen LogP contribution in [0.15, 0.2) is 6.33 Å². The standard InChI is InChI=1S/C13H20ClN3O3/c1-12(2,3)20-11(19)17(6)13(4,7-18)9-10(14)15-8-16(9)5/h7-8H,1-6H3. The van der Waals surface area contributed by atoms with Gasteiger partial charge in [0.2, 0.25) is 0 Å². The van der Waals surface area contributed by atoms with E-state index in [-0.39, 0.29) is 5.15 Å². The minimum Gasteiger partial charge on any atom is -0.444 e. The number of rotatable bonds is 3. The van der Waals surface area contributed by atoms with Gasteiger partial charge in [0, 0.05) is 14.1 Å². The van der Waals surface area contributed by atoms with Gasteiger partial charge in [0.05, 0.1) is 12.0 Å². The number of carbonyl (C=O) groups is 2. The highest BCUT2D eigenvalue weighted by Crippen LogP contribution is 2.31. The number of aromatic nitrogens is 2. The van der Waals surface area contributed by atoms with Crippen LogP contribution in [0.3, 0.4) is 0 Å². The fraction of sp³-hybridized carbons (Fsp3) is 0.615. The maximum absolute atomic E-state index is 12.2. The lowest BCUT2D eigenvalue weighted by Crippen LogP contribution is -2.49. The van der Waals surface area contributed by atoms with Crippen LogP contribution < -0.4 is 0 Å². The first kappa shape index (κ1) is 16.5. The number of aryl methyl sites for hydroxylation is 1. The molecule has 7 heteroatoms. The molecule has 0 saturated heterocycles. The number of likely N-dealkylation sites (N-methyl/N-ethyl adjacent to an activating group) is 1. The van der Waals surface area contributed by atoms with Crippen molar-refractivity contribution in [1.29, 1.82) is 0 Å². The molecule has 0 aliphatic rings. The Kier molecular flexibility index (Phi) is 4.49.